The van der Waals surface area contributed by atoms with Crippen molar-refractivity contribution >= 4 is 57.3 Å². The van der Waals surface area contributed by atoms with Gasteiger partial charge in [-0.05, 0) is 47.7 Å². The van der Waals surface area contributed by atoms with Crippen molar-refractivity contribution in [1.29, 1.82) is 0 Å². The quantitative estimate of drug-likeness (QED) is 0.445. The maximum absolute atomic E-state index is 11.2. The zero-order valence-electron chi connectivity index (χ0n) is 11.1. The van der Waals surface area contributed by atoms with E-state index in [-0.39, 0.29) is 17.2 Å². The fourth-order valence-electron chi connectivity index (χ4n) is 1.70. The number of halogens is 2. The number of aryl methyl sites for hydroxylation is 1. The lowest BCUT2D eigenvalue weighted by molar-refractivity contribution is -0.385. The van der Waals surface area contributed by atoms with Gasteiger partial charge in [-0.25, -0.2) is 4.98 Å². The third-order valence-corrected chi connectivity index (χ3v) is 3.78. The predicted molar refractivity (Wildman–Crippen MR) is 90.4 cm³/mol. The van der Waals surface area contributed by atoms with Crippen LogP contribution in [0.15, 0.2) is 18.2 Å². The van der Waals surface area contributed by atoms with Crippen LogP contribution in [0, 0.1) is 20.6 Å². The van der Waals surface area contributed by atoms with Gasteiger partial charge in [0.25, 0.3) is 0 Å². The van der Waals surface area contributed by atoms with E-state index in [1.807, 2.05) is 0 Å². The molecule has 0 unspecified atom stereocenters. The largest absolute Gasteiger partial charge is 0.357 e. The molecular weight excluding hydrogens is 409 g/mol. The van der Waals surface area contributed by atoms with Gasteiger partial charge in [-0.1, -0.05) is 11.6 Å². The molecule has 0 aliphatic heterocycles. The lowest BCUT2D eigenvalue weighted by Crippen LogP contribution is -2.07. The van der Waals surface area contributed by atoms with Gasteiger partial charge in [0.1, 0.15) is 5.69 Å². The first-order chi connectivity index (χ1) is 9.92. The minimum Gasteiger partial charge on any atom is -0.357 e. The summed E-state index contributed by atoms with van der Waals surface area (Å²) in [5, 5.41) is 17.5. The number of hydrogen-bond acceptors (Lipinski definition) is 6. The highest BCUT2D eigenvalue weighted by molar-refractivity contribution is 14.1. The molecule has 110 valence electrons. The van der Waals surface area contributed by atoms with E-state index in [1.54, 1.807) is 32.2 Å². The van der Waals surface area contributed by atoms with E-state index in [0.717, 1.165) is 3.57 Å². The lowest BCUT2D eigenvalue weighted by atomic mass is 10.3. The molecule has 0 saturated carbocycles. The second kappa shape index (κ2) is 6.39. The highest BCUT2D eigenvalue weighted by Crippen LogP contribution is 2.31. The van der Waals surface area contributed by atoms with Crippen molar-refractivity contribution in [2.45, 2.75) is 6.92 Å². The summed E-state index contributed by atoms with van der Waals surface area (Å²) in [4.78, 5) is 18.9. The summed E-state index contributed by atoms with van der Waals surface area (Å²) < 4.78 is 0.830. The molecule has 2 N–H and O–H groups in total. The Morgan fingerprint density at radius 2 is 2.10 bits per heavy atom. The van der Waals surface area contributed by atoms with Crippen LogP contribution in [-0.4, -0.2) is 21.9 Å². The molecule has 2 aromatic rings. The van der Waals surface area contributed by atoms with Crippen LogP contribution in [0.3, 0.4) is 0 Å². The third-order valence-electron chi connectivity index (χ3n) is 2.65. The molecule has 0 radical (unpaired) electrons. The van der Waals surface area contributed by atoms with Crippen molar-refractivity contribution in [2.75, 3.05) is 17.7 Å². The first-order valence-corrected chi connectivity index (χ1v) is 7.31. The van der Waals surface area contributed by atoms with Crippen molar-refractivity contribution < 1.29 is 4.92 Å². The van der Waals surface area contributed by atoms with E-state index in [4.69, 9.17) is 11.6 Å². The number of nitro groups is 1. The number of hydrogen-bond donors (Lipinski definition) is 2. The smallest absolute Gasteiger partial charge is 0.332 e. The van der Waals surface area contributed by atoms with Crippen molar-refractivity contribution in [3.05, 3.63) is 42.6 Å². The molecule has 0 saturated heterocycles. The van der Waals surface area contributed by atoms with E-state index < -0.39 is 4.92 Å². The normalized spacial score (nSPS) is 10.3. The third kappa shape index (κ3) is 3.50. The van der Waals surface area contributed by atoms with Crippen LogP contribution < -0.4 is 10.6 Å². The number of nitrogens with zero attached hydrogens (tertiary/aromatic N) is 3. The topological polar surface area (TPSA) is 93.0 Å². The molecule has 1 aromatic carbocycles. The van der Waals surface area contributed by atoms with Gasteiger partial charge in [-0.2, -0.15) is 4.98 Å². The zero-order chi connectivity index (χ0) is 15.6. The maximum atomic E-state index is 11.2. The molecule has 0 amide bonds. The van der Waals surface area contributed by atoms with Gasteiger partial charge >= 0.3 is 5.69 Å². The minimum absolute atomic E-state index is 0.136. The molecule has 0 aliphatic carbocycles. The summed E-state index contributed by atoms with van der Waals surface area (Å²) in [7, 11) is 1.65. The summed E-state index contributed by atoms with van der Waals surface area (Å²) >= 11 is 7.99. The van der Waals surface area contributed by atoms with Gasteiger partial charge in [0, 0.05) is 15.6 Å². The number of anilines is 3. The van der Waals surface area contributed by atoms with E-state index in [1.165, 1.54) is 0 Å². The summed E-state index contributed by atoms with van der Waals surface area (Å²) in [6.45, 7) is 1.57. The number of benzene rings is 1. The average molecular weight is 420 g/mol. The van der Waals surface area contributed by atoms with Crippen molar-refractivity contribution in [1.82, 2.24) is 9.97 Å². The molecule has 0 spiro atoms. The molecule has 2 rings (SSSR count). The van der Waals surface area contributed by atoms with Crippen molar-refractivity contribution in [3.63, 3.8) is 0 Å². The molecule has 1 heterocycles. The van der Waals surface area contributed by atoms with E-state index in [0.29, 0.717) is 16.7 Å². The molecule has 1 aromatic heterocycles. The van der Waals surface area contributed by atoms with Crippen molar-refractivity contribution in [3.8, 4) is 0 Å². The highest BCUT2D eigenvalue weighted by atomic mass is 127. The second-order valence-electron chi connectivity index (χ2n) is 4.09. The Balaban J connectivity index is 2.51. The van der Waals surface area contributed by atoms with Crippen LogP contribution in [0.25, 0.3) is 0 Å². The Bertz CT molecular complexity index is 710. The van der Waals surface area contributed by atoms with E-state index in [2.05, 4.69) is 43.2 Å². The summed E-state index contributed by atoms with van der Waals surface area (Å²) in [6, 6.07) is 5.19. The maximum Gasteiger partial charge on any atom is 0.332 e. The average Bonchev–Trinajstić information content (AvgIpc) is 2.40. The summed E-state index contributed by atoms with van der Waals surface area (Å²) in [5.74, 6) is 0.446. The van der Waals surface area contributed by atoms with Crippen LogP contribution >= 0.6 is 34.2 Å². The molecule has 9 heteroatoms. The lowest BCUT2D eigenvalue weighted by Gasteiger charge is -2.11. The summed E-state index contributed by atoms with van der Waals surface area (Å²) in [6.07, 6.45) is 0. The van der Waals surface area contributed by atoms with Crippen LogP contribution in [0.1, 0.15) is 5.69 Å². The van der Waals surface area contributed by atoms with Crippen molar-refractivity contribution in [2.24, 2.45) is 0 Å². The number of rotatable bonds is 4. The predicted octanol–water partition coefficient (Wildman–Crippen LogP) is 3.74. The molecule has 0 atom stereocenters. The molecule has 7 nitrogen and oxygen atoms in total. The van der Waals surface area contributed by atoms with Crippen LogP contribution in [0.4, 0.5) is 23.1 Å². The molecule has 0 aliphatic rings. The molecule has 0 bridgehead atoms. The minimum atomic E-state index is -0.500. The first kappa shape index (κ1) is 15.7. The van der Waals surface area contributed by atoms with Gasteiger partial charge in [0.05, 0.1) is 10.6 Å². The Morgan fingerprint density at radius 1 is 1.38 bits per heavy atom. The number of nitrogens with one attached hydrogen (secondary N) is 2. The fourth-order valence-corrected chi connectivity index (χ4v) is 2.71. The fraction of sp³-hybridized carbons (Fsp3) is 0.167. The zero-order valence-corrected chi connectivity index (χ0v) is 14.1. The standard InChI is InChI=1S/C12H11ClIN5O2/c1-6-10(19(20)21)11(18-12(15-2)16-6)17-9-4-3-7(13)5-8(9)14/h3-5H,1-2H3,(H2,15,16,17,18). The Kier molecular flexibility index (Phi) is 4.78. The van der Waals surface area contributed by atoms with Gasteiger partial charge < -0.3 is 10.6 Å². The van der Waals surface area contributed by atoms with Crippen LogP contribution in [-0.2, 0) is 0 Å². The first-order valence-electron chi connectivity index (χ1n) is 5.85. The number of aromatic nitrogens is 2. The van der Waals surface area contributed by atoms with E-state index >= 15 is 0 Å². The monoisotopic (exact) mass is 419 g/mol. The summed E-state index contributed by atoms with van der Waals surface area (Å²) in [5.41, 5.74) is 0.814. The molecule has 0 fully saturated rings. The molecular formula is C12H11ClIN5O2. The van der Waals surface area contributed by atoms with Crippen LogP contribution in [0.5, 0.6) is 0 Å². The van der Waals surface area contributed by atoms with Gasteiger partial charge in [-0.3, -0.25) is 10.1 Å². The van der Waals surface area contributed by atoms with Gasteiger partial charge in [0.2, 0.25) is 11.8 Å². The Labute approximate surface area is 139 Å². The Morgan fingerprint density at radius 3 is 2.67 bits per heavy atom. The molecule has 21 heavy (non-hydrogen) atoms. The van der Waals surface area contributed by atoms with E-state index in [9.17, 15) is 10.1 Å². The highest BCUT2D eigenvalue weighted by Gasteiger charge is 2.22. The second-order valence-corrected chi connectivity index (χ2v) is 5.68. The van der Waals surface area contributed by atoms with Crippen LogP contribution in [0.2, 0.25) is 5.02 Å². The SMILES string of the molecule is CNc1nc(C)c([N+](=O)[O-])c(Nc2ccc(Cl)cc2I)n1. The van der Waals surface area contributed by atoms with Gasteiger partial charge in [-0.15, -0.1) is 0 Å². The van der Waals surface area contributed by atoms with Gasteiger partial charge in [0.15, 0.2) is 0 Å². The Hall–Kier alpha value is -1.68.